The lowest BCUT2D eigenvalue weighted by atomic mass is 9.89. The van der Waals surface area contributed by atoms with Gasteiger partial charge < -0.3 is 5.11 Å². The molecule has 0 spiro atoms. The average molecular weight is 306 g/mol. The maximum absolute atomic E-state index is 12.3. The summed E-state index contributed by atoms with van der Waals surface area (Å²) in [5.41, 5.74) is -1.02. The van der Waals surface area contributed by atoms with E-state index in [9.17, 15) is 13.5 Å². The van der Waals surface area contributed by atoms with Crippen molar-refractivity contribution in [2.24, 2.45) is 5.92 Å². The van der Waals surface area contributed by atoms with Crippen LogP contribution in [0.25, 0.3) is 0 Å². The first kappa shape index (κ1) is 17.9. The number of nitrogens with zero attached hydrogens (tertiary/aromatic N) is 1. The molecule has 1 saturated carbocycles. The molecule has 1 rings (SSSR count). The molecule has 20 heavy (non-hydrogen) atoms. The van der Waals surface area contributed by atoms with Crippen LogP contribution in [0.1, 0.15) is 59.3 Å². The van der Waals surface area contributed by atoms with Crippen LogP contribution in [0.4, 0.5) is 0 Å². The van der Waals surface area contributed by atoms with E-state index in [1.165, 1.54) is 10.7 Å². The van der Waals surface area contributed by atoms with E-state index in [4.69, 9.17) is 0 Å². The predicted molar refractivity (Wildman–Crippen MR) is 81.6 cm³/mol. The van der Waals surface area contributed by atoms with E-state index in [1.54, 1.807) is 14.0 Å². The van der Waals surface area contributed by atoms with Gasteiger partial charge in [-0.05, 0) is 25.7 Å². The highest BCUT2D eigenvalue weighted by Crippen LogP contribution is 2.24. The molecule has 5 nitrogen and oxygen atoms in total. The van der Waals surface area contributed by atoms with Crippen LogP contribution in [-0.4, -0.2) is 43.1 Å². The highest BCUT2D eigenvalue weighted by Gasteiger charge is 2.32. The molecule has 2 atom stereocenters. The molecule has 1 aliphatic carbocycles. The third-order valence-electron chi connectivity index (χ3n) is 4.75. The summed E-state index contributed by atoms with van der Waals surface area (Å²) in [7, 11) is -1.88. The Bertz CT molecular complexity index is 389. The fourth-order valence-electron chi connectivity index (χ4n) is 2.59. The predicted octanol–water partition coefficient (Wildman–Crippen LogP) is 1.88. The molecule has 120 valence electrons. The van der Waals surface area contributed by atoms with Gasteiger partial charge >= 0.3 is 0 Å². The quantitative estimate of drug-likeness (QED) is 0.754. The summed E-state index contributed by atoms with van der Waals surface area (Å²) < 4.78 is 28.6. The molecule has 6 heteroatoms. The fourth-order valence-corrected chi connectivity index (χ4v) is 3.88. The fraction of sp³-hybridized carbons (Fsp3) is 1.00. The number of hydrogen-bond acceptors (Lipinski definition) is 3. The number of hydrogen-bond donors (Lipinski definition) is 2. The van der Waals surface area contributed by atoms with Gasteiger partial charge in [0.15, 0.2) is 0 Å². The Balaban J connectivity index is 2.60. The van der Waals surface area contributed by atoms with Gasteiger partial charge in [0.2, 0.25) is 0 Å². The van der Waals surface area contributed by atoms with E-state index in [2.05, 4.69) is 4.72 Å². The Labute approximate surface area is 123 Å². The van der Waals surface area contributed by atoms with Crippen LogP contribution in [0.5, 0.6) is 0 Å². The van der Waals surface area contributed by atoms with Gasteiger partial charge in [-0.1, -0.05) is 39.5 Å². The molecule has 0 saturated heterocycles. The van der Waals surface area contributed by atoms with Crippen molar-refractivity contribution in [1.82, 2.24) is 9.03 Å². The van der Waals surface area contributed by atoms with Gasteiger partial charge in [0.25, 0.3) is 10.2 Å². The van der Waals surface area contributed by atoms with Crippen LogP contribution in [-0.2, 0) is 10.2 Å². The Morgan fingerprint density at radius 2 is 1.90 bits per heavy atom. The highest BCUT2D eigenvalue weighted by atomic mass is 32.2. The lowest BCUT2D eigenvalue weighted by molar-refractivity contribution is 0.00982. The van der Waals surface area contributed by atoms with Gasteiger partial charge in [-0.3, -0.25) is 0 Å². The molecular weight excluding hydrogens is 276 g/mol. The Morgan fingerprint density at radius 3 is 2.40 bits per heavy atom. The van der Waals surface area contributed by atoms with Crippen LogP contribution < -0.4 is 4.72 Å². The Morgan fingerprint density at radius 1 is 1.35 bits per heavy atom. The topological polar surface area (TPSA) is 69.6 Å². The second kappa shape index (κ2) is 7.20. The van der Waals surface area contributed by atoms with Crippen molar-refractivity contribution in [3.8, 4) is 0 Å². The summed E-state index contributed by atoms with van der Waals surface area (Å²) in [6.45, 7) is 5.66. The van der Waals surface area contributed by atoms with Gasteiger partial charge in [-0.25, -0.2) is 0 Å². The molecule has 0 amide bonds. The van der Waals surface area contributed by atoms with E-state index in [0.717, 1.165) is 32.1 Å². The van der Waals surface area contributed by atoms with Gasteiger partial charge in [-0.15, -0.1) is 0 Å². The molecule has 2 unspecified atom stereocenters. The zero-order valence-corrected chi connectivity index (χ0v) is 14.0. The first-order valence-corrected chi connectivity index (χ1v) is 9.09. The third kappa shape index (κ3) is 4.69. The summed E-state index contributed by atoms with van der Waals surface area (Å²) in [4.78, 5) is 0. The normalized spacial score (nSPS) is 22.7. The van der Waals surface area contributed by atoms with Gasteiger partial charge in [0.1, 0.15) is 0 Å². The molecule has 0 bridgehead atoms. The van der Waals surface area contributed by atoms with Crippen LogP contribution >= 0.6 is 0 Å². The largest absolute Gasteiger partial charge is 0.389 e. The summed E-state index contributed by atoms with van der Waals surface area (Å²) in [5.74, 6) is 0.0465. The molecule has 2 N–H and O–H groups in total. The van der Waals surface area contributed by atoms with Gasteiger partial charge in [0, 0.05) is 19.6 Å². The molecule has 0 aromatic carbocycles. The number of nitrogens with one attached hydrogen (secondary N) is 1. The number of rotatable bonds is 7. The van der Waals surface area contributed by atoms with Crippen LogP contribution in [0.2, 0.25) is 0 Å². The Hall–Kier alpha value is -0.170. The minimum Gasteiger partial charge on any atom is -0.389 e. The maximum Gasteiger partial charge on any atom is 0.279 e. The van der Waals surface area contributed by atoms with Crippen molar-refractivity contribution in [3.63, 3.8) is 0 Å². The summed E-state index contributed by atoms with van der Waals surface area (Å²) >= 11 is 0. The second-order valence-electron chi connectivity index (χ2n) is 6.30. The smallest absolute Gasteiger partial charge is 0.279 e. The van der Waals surface area contributed by atoms with Crippen molar-refractivity contribution >= 4 is 10.2 Å². The van der Waals surface area contributed by atoms with Crippen molar-refractivity contribution in [2.75, 3.05) is 13.6 Å². The first-order valence-electron chi connectivity index (χ1n) is 7.65. The standard InChI is InChI=1S/C14H30N2O3S/c1-5-12(2)14(3,17)11-15-20(18,19)16(4)13-9-7-6-8-10-13/h12-13,15,17H,5-11H2,1-4H3. The SMILES string of the molecule is CCC(C)C(C)(O)CNS(=O)(=O)N(C)C1CCCCC1. The molecule has 0 aromatic rings. The van der Waals surface area contributed by atoms with E-state index in [-0.39, 0.29) is 18.5 Å². The minimum atomic E-state index is -3.51. The first-order chi connectivity index (χ1) is 9.20. The van der Waals surface area contributed by atoms with Crippen molar-refractivity contribution in [2.45, 2.75) is 70.9 Å². The average Bonchev–Trinajstić information content (AvgIpc) is 2.44. The van der Waals surface area contributed by atoms with Crippen molar-refractivity contribution in [1.29, 1.82) is 0 Å². The van der Waals surface area contributed by atoms with Crippen molar-refractivity contribution in [3.05, 3.63) is 0 Å². The number of aliphatic hydroxyl groups is 1. The van der Waals surface area contributed by atoms with E-state index < -0.39 is 15.8 Å². The highest BCUT2D eigenvalue weighted by molar-refractivity contribution is 7.87. The molecule has 0 radical (unpaired) electrons. The van der Waals surface area contributed by atoms with Crippen LogP contribution in [0.3, 0.4) is 0 Å². The third-order valence-corrected chi connectivity index (χ3v) is 6.32. The molecular formula is C14H30N2O3S. The summed E-state index contributed by atoms with van der Waals surface area (Å²) in [5, 5.41) is 10.3. The molecule has 1 aliphatic rings. The molecule has 1 fully saturated rings. The van der Waals surface area contributed by atoms with E-state index >= 15 is 0 Å². The van der Waals surface area contributed by atoms with Crippen LogP contribution in [0.15, 0.2) is 0 Å². The molecule has 0 heterocycles. The minimum absolute atomic E-state index is 0.0465. The van der Waals surface area contributed by atoms with Gasteiger partial charge in [0.05, 0.1) is 5.60 Å². The van der Waals surface area contributed by atoms with E-state index in [1.807, 2.05) is 13.8 Å². The zero-order chi connectivity index (χ0) is 15.4. The lowest BCUT2D eigenvalue weighted by Gasteiger charge is -2.33. The summed E-state index contributed by atoms with van der Waals surface area (Å²) in [6, 6.07) is 0.0924. The maximum atomic E-state index is 12.3. The zero-order valence-electron chi connectivity index (χ0n) is 13.2. The molecule has 0 aliphatic heterocycles. The van der Waals surface area contributed by atoms with Crippen LogP contribution in [0, 0.1) is 5.92 Å². The van der Waals surface area contributed by atoms with Gasteiger partial charge in [-0.2, -0.15) is 17.4 Å². The molecule has 0 aromatic heterocycles. The lowest BCUT2D eigenvalue weighted by Crippen LogP contribution is -2.51. The Kier molecular flexibility index (Phi) is 6.44. The van der Waals surface area contributed by atoms with E-state index in [0.29, 0.717) is 0 Å². The monoisotopic (exact) mass is 306 g/mol. The second-order valence-corrected chi connectivity index (χ2v) is 8.12. The summed E-state index contributed by atoms with van der Waals surface area (Å²) in [6.07, 6.45) is 6.05. The van der Waals surface area contributed by atoms with Crippen molar-refractivity contribution < 1.29 is 13.5 Å².